The fourth-order valence-electron chi connectivity index (χ4n) is 1.97. The average Bonchev–Trinajstić information content (AvgIpc) is 2.58. The number of carboxylic acids is 2. The summed E-state index contributed by atoms with van der Waals surface area (Å²) in [6, 6.07) is 3.55. The number of carbonyl (C=O) groups is 2. The van der Waals surface area contributed by atoms with Crippen molar-refractivity contribution in [2.45, 2.75) is 6.92 Å². The number of hydrogen-bond acceptors (Lipinski definition) is 9. The van der Waals surface area contributed by atoms with Crippen LogP contribution in [0.4, 0.5) is 23.5 Å². The van der Waals surface area contributed by atoms with Gasteiger partial charge >= 0.3 is 11.9 Å². The number of aromatic nitrogens is 3. The monoisotopic (exact) mass is 374 g/mol. The molecule has 0 saturated heterocycles. The van der Waals surface area contributed by atoms with Crippen molar-refractivity contribution in [1.82, 2.24) is 15.0 Å². The highest BCUT2D eigenvalue weighted by Crippen LogP contribution is 2.20. The first-order valence-corrected chi connectivity index (χ1v) is 7.68. The highest BCUT2D eigenvalue weighted by atomic mass is 16.4. The van der Waals surface area contributed by atoms with Crippen molar-refractivity contribution < 1.29 is 19.8 Å². The van der Waals surface area contributed by atoms with E-state index in [9.17, 15) is 9.59 Å². The van der Waals surface area contributed by atoms with E-state index in [4.69, 9.17) is 21.7 Å². The van der Waals surface area contributed by atoms with E-state index >= 15 is 0 Å². The molecule has 0 amide bonds. The van der Waals surface area contributed by atoms with Gasteiger partial charge in [0.15, 0.2) is 0 Å². The second-order valence-corrected chi connectivity index (χ2v) is 5.29. The first kappa shape index (κ1) is 19.5. The van der Waals surface area contributed by atoms with Crippen LogP contribution in [0.15, 0.2) is 23.2 Å². The summed E-state index contributed by atoms with van der Waals surface area (Å²) in [7, 11) is 0. The predicted molar refractivity (Wildman–Crippen MR) is 98.0 cm³/mol. The van der Waals surface area contributed by atoms with Crippen molar-refractivity contribution in [3.8, 4) is 0 Å². The number of amidine groups is 1. The molecule has 0 atom stereocenters. The largest absolute Gasteiger partial charge is 0.478 e. The van der Waals surface area contributed by atoms with Gasteiger partial charge in [-0.15, -0.1) is 0 Å². The Labute approximate surface area is 153 Å². The number of carboxylic acid groups (broad SMARTS) is 2. The molecule has 0 saturated carbocycles. The van der Waals surface area contributed by atoms with Crippen LogP contribution in [0.3, 0.4) is 0 Å². The number of aromatic carboxylic acids is 2. The van der Waals surface area contributed by atoms with Gasteiger partial charge < -0.3 is 32.3 Å². The van der Waals surface area contributed by atoms with Crippen molar-refractivity contribution in [2.24, 2.45) is 16.5 Å². The molecule has 1 aromatic heterocycles. The zero-order valence-electron chi connectivity index (χ0n) is 14.3. The van der Waals surface area contributed by atoms with Crippen molar-refractivity contribution in [3.63, 3.8) is 0 Å². The molecule has 1 aromatic carbocycles. The molecule has 0 aliphatic rings. The summed E-state index contributed by atoms with van der Waals surface area (Å²) in [5.41, 5.74) is 10.7. The van der Waals surface area contributed by atoms with Crippen LogP contribution in [-0.4, -0.2) is 56.0 Å². The second kappa shape index (κ2) is 8.53. The van der Waals surface area contributed by atoms with Gasteiger partial charge in [-0.1, -0.05) is 0 Å². The van der Waals surface area contributed by atoms with Gasteiger partial charge in [0.05, 0.1) is 17.0 Å². The van der Waals surface area contributed by atoms with E-state index in [0.717, 1.165) is 6.07 Å². The molecule has 2 rings (SSSR count). The topological polar surface area (TPSA) is 202 Å². The second-order valence-electron chi connectivity index (χ2n) is 5.29. The molecule has 1 heterocycles. The lowest BCUT2D eigenvalue weighted by molar-refractivity contribution is 0.0696. The normalized spacial score (nSPS) is 11.1. The quantitative estimate of drug-likeness (QED) is 0.275. The Bertz CT molecular complexity index is 863. The molecule has 27 heavy (non-hydrogen) atoms. The summed E-state index contributed by atoms with van der Waals surface area (Å²) in [5.74, 6) is -2.12. The van der Waals surface area contributed by atoms with E-state index in [1.165, 1.54) is 12.1 Å². The fraction of sp³-hybridized carbons (Fsp3) is 0.200. The van der Waals surface area contributed by atoms with Crippen molar-refractivity contribution in [2.75, 3.05) is 23.7 Å². The van der Waals surface area contributed by atoms with Gasteiger partial charge in [-0.3, -0.25) is 0 Å². The summed E-state index contributed by atoms with van der Waals surface area (Å²) in [4.78, 5) is 38.6. The molecule has 0 radical (unpaired) electrons. The number of anilines is 3. The Morgan fingerprint density at radius 1 is 1.07 bits per heavy atom. The Morgan fingerprint density at radius 2 is 1.67 bits per heavy atom. The van der Waals surface area contributed by atoms with Crippen LogP contribution >= 0.6 is 0 Å². The van der Waals surface area contributed by atoms with Gasteiger partial charge in [0, 0.05) is 18.8 Å². The Morgan fingerprint density at radius 3 is 2.19 bits per heavy atom. The van der Waals surface area contributed by atoms with E-state index in [-0.39, 0.29) is 40.5 Å². The van der Waals surface area contributed by atoms with Crippen LogP contribution in [0.1, 0.15) is 27.6 Å². The minimum absolute atomic E-state index is 0.0138. The first-order valence-electron chi connectivity index (χ1n) is 7.68. The standard InChI is InChI=1S/C15H18N8O4/c1-7(17)19-14-21-13(18-3-2-16)22-15(23-14)20-10-5-8(11(24)25)4-9(6-10)12(26)27/h4-6H,2-3,16H2,1H3,(H,24,25)(H,26,27)(H4,17,18,19,20,21,22,23). The maximum atomic E-state index is 11.2. The Hall–Kier alpha value is -3.80. The molecular weight excluding hydrogens is 356 g/mol. The van der Waals surface area contributed by atoms with Crippen LogP contribution in [-0.2, 0) is 0 Å². The van der Waals surface area contributed by atoms with Crippen LogP contribution in [0.2, 0.25) is 0 Å². The molecule has 12 heteroatoms. The van der Waals surface area contributed by atoms with Gasteiger partial charge in [-0.2, -0.15) is 19.9 Å². The van der Waals surface area contributed by atoms with Crippen LogP contribution < -0.4 is 22.1 Å². The maximum absolute atomic E-state index is 11.2. The number of nitrogens with two attached hydrogens (primary N) is 2. The number of aliphatic imine (C=N–C) groups is 1. The van der Waals surface area contributed by atoms with E-state index < -0.39 is 11.9 Å². The third-order valence-corrected chi connectivity index (χ3v) is 3.01. The zero-order chi connectivity index (χ0) is 20.0. The number of rotatable bonds is 8. The minimum Gasteiger partial charge on any atom is -0.478 e. The summed E-state index contributed by atoms with van der Waals surface area (Å²) in [6.45, 7) is 2.29. The molecule has 0 aliphatic heterocycles. The lowest BCUT2D eigenvalue weighted by Gasteiger charge is -2.10. The van der Waals surface area contributed by atoms with E-state index in [2.05, 4.69) is 30.6 Å². The van der Waals surface area contributed by atoms with Crippen LogP contribution in [0, 0.1) is 0 Å². The van der Waals surface area contributed by atoms with Crippen LogP contribution in [0.5, 0.6) is 0 Å². The number of nitrogens with one attached hydrogen (secondary N) is 2. The predicted octanol–water partition coefficient (Wildman–Crippen LogP) is 0.391. The van der Waals surface area contributed by atoms with Crippen molar-refractivity contribution in [1.29, 1.82) is 0 Å². The SMILES string of the molecule is CC(N)=Nc1nc(NCCN)nc(Nc2cc(C(=O)O)cc(C(=O)O)c2)n1. The molecule has 0 unspecified atom stereocenters. The van der Waals surface area contributed by atoms with Gasteiger partial charge in [0.2, 0.25) is 11.9 Å². The van der Waals surface area contributed by atoms with E-state index in [1.54, 1.807) is 6.92 Å². The minimum atomic E-state index is -1.27. The summed E-state index contributed by atoms with van der Waals surface area (Å²) in [5, 5.41) is 23.9. The third kappa shape index (κ3) is 5.61. The van der Waals surface area contributed by atoms with Gasteiger partial charge in [0.1, 0.15) is 0 Å². The molecule has 8 N–H and O–H groups in total. The van der Waals surface area contributed by atoms with Gasteiger partial charge in [0.25, 0.3) is 5.95 Å². The van der Waals surface area contributed by atoms with Gasteiger partial charge in [-0.25, -0.2) is 9.59 Å². The highest BCUT2D eigenvalue weighted by Gasteiger charge is 2.13. The van der Waals surface area contributed by atoms with Crippen molar-refractivity contribution >= 4 is 41.3 Å². The summed E-state index contributed by atoms with van der Waals surface area (Å²) in [6.07, 6.45) is 0. The lowest BCUT2D eigenvalue weighted by atomic mass is 10.1. The fourth-order valence-corrected chi connectivity index (χ4v) is 1.97. The number of benzene rings is 1. The molecule has 142 valence electrons. The summed E-state index contributed by atoms with van der Waals surface area (Å²) >= 11 is 0. The molecule has 0 aliphatic carbocycles. The van der Waals surface area contributed by atoms with Crippen LogP contribution in [0.25, 0.3) is 0 Å². The average molecular weight is 374 g/mol. The smallest absolute Gasteiger partial charge is 0.335 e. The first-order chi connectivity index (χ1) is 12.8. The summed E-state index contributed by atoms with van der Waals surface area (Å²) < 4.78 is 0. The molecule has 12 nitrogen and oxygen atoms in total. The maximum Gasteiger partial charge on any atom is 0.335 e. The number of nitrogens with zero attached hydrogens (tertiary/aromatic N) is 4. The van der Waals surface area contributed by atoms with Crippen molar-refractivity contribution in [3.05, 3.63) is 29.3 Å². The Balaban J connectivity index is 2.44. The molecular formula is C15H18N8O4. The highest BCUT2D eigenvalue weighted by molar-refractivity contribution is 5.95. The molecule has 0 spiro atoms. The number of hydrogen-bond donors (Lipinski definition) is 6. The zero-order valence-corrected chi connectivity index (χ0v) is 14.3. The molecule has 0 bridgehead atoms. The Kier molecular flexibility index (Phi) is 6.17. The molecule has 2 aromatic rings. The third-order valence-electron chi connectivity index (χ3n) is 3.01. The van der Waals surface area contributed by atoms with E-state index in [0.29, 0.717) is 13.1 Å². The van der Waals surface area contributed by atoms with E-state index in [1.807, 2.05) is 0 Å². The van der Waals surface area contributed by atoms with Gasteiger partial charge in [-0.05, 0) is 25.1 Å². The lowest BCUT2D eigenvalue weighted by Crippen LogP contribution is -2.16. The molecule has 0 fully saturated rings.